The van der Waals surface area contributed by atoms with Crippen molar-refractivity contribution in [2.24, 2.45) is 5.92 Å². The van der Waals surface area contributed by atoms with E-state index in [0.717, 1.165) is 37.1 Å². The first-order chi connectivity index (χ1) is 14.7. The maximum Gasteiger partial charge on any atom is 0.266 e. The predicted octanol–water partition coefficient (Wildman–Crippen LogP) is 3.20. The molecule has 0 spiro atoms. The number of aromatic nitrogens is 5. The third-order valence-corrected chi connectivity index (χ3v) is 5.80. The highest BCUT2D eigenvalue weighted by Gasteiger charge is 2.22. The van der Waals surface area contributed by atoms with Gasteiger partial charge in [0.05, 0.1) is 5.52 Å². The van der Waals surface area contributed by atoms with Crippen molar-refractivity contribution in [1.29, 1.82) is 0 Å². The molecule has 0 saturated carbocycles. The normalized spacial score (nSPS) is 15.0. The molecule has 0 N–H and O–H groups in total. The second-order valence-corrected chi connectivity index (χ2v) is 7.89. The Bertz CT molecular complexity index is 1220. The number of fused-ring (bicyclic) bond motifs is 1. The Hall–Kier alpha value is -3.48. The lowest BCUT2D eigenvalue weighted by Gasteiger charge is -2.34. The third-order valence-electron chi connectivity index (χ3n) is 5.80. The minimum Gasteiger partial charge on any atom is -0.371 e. The molecular weight excluding hydrogens is 376 g/mol. The Balaban J connectivity index is 1.32. The summed E-state index contributed by atoms with van der Waals surface area (Å²) >= 11 is 0. The third kappa shape index (κ3) is 3.58. The molecule has 3 aromatic heterocycles. The van der Waals surface area contributed by atoms with Gasteiger partial charge in [-0.1, -0.05) is 18.2 Å². The van der Waals surface area contributed by atoms with Gasteiger partial charge in [-0.2, -0.15) is 5.10 Å². The molecule has 5 rings (SSSR count). The fourth-order valence-corrected chi connectivity index (χ4v) is 4.24. The standard InChI is InChI=1S/C23H24N6O/c1-17-15-21(19-5-2-3-6-20(19)25-17)27-13-9-18(10-14-27)16-29-23(30)8-7-22(26-29)28-12-4-11-24-28/h2-8,11-12,15,18H,9-10,13-14,16H2,1H3. The van der Waals surface area contributed by atoms with Gasteiger partial charge in [-0.25, -0.2) is 9.36 Å². The Labute approximate surface area is 174 Å². The van der Waals surface area contributed by atoms with Gasteiger partial charge in [-0.15, -0.1) is 5.10 Å². The van der Waals surface area contributed by atoms with Gasteiger partial charge < -0.3 is 4.90 Å². The van der Waals surface area contributed by atoms with Gasteiger partial charge in [0.1, 0.15) is 0 Å². The number of nitrogens with zero attached hydrogens (tertiary/aromatic N) is 6. The maximum absolute atomic E-state index is 12.3. The first-order valence-electron chi connectivity index (χ1n) is 10.4. The van der Waals surface area contributed by atoms with E-state index in [4.69, 9.17) is 0 Å². The van der Waals surface area contributed by atoms with Crippen LogP contribution in [-0.4, -0.2) is 37.6 Å². The summed E-state index contributed by atoms with van der Waals surface area (Å²) in [4.78, 5) is 19.4. The number of aryl methyl sites for hydroxylation is 1. The molecule has 0 bridgehead atoms. The van der Waals surface area contributed by atoms with Crippen LogP contribution in [-0.2, 0) is 6.54 Å². The Morgan fingerprint density at radius 2 is 1.90 bits per heavy atom. The first-order valence-corrected chi connectivity index (χ1v) is 10.4. The van der Waals surface area contributed by atoms with Crippen LogP contribution in [0.5, 0.6) is 0 Å². The van der Waals surface area contributed by atoms with Crippen molar-refractivity contribution >= 4 is 16.6 Å². The van der Waals surface area contributed by atoms with Gasteiger partial charge >= 0.3 is 0 Å². The lowest BCUT2D eigenvalue weighted by Crippen LogP contribution is -2.37. The zero-order valence-electron chi connectivity index (χ0n) is 17.0. The SMILES string of the molecule is Cc1cc(N2CCC(Cn3nc(-n4cccn4)ccc3=O)CC2)c2ccccc2n1. The predicted molar refractivity (Wildman–Crippen MR) is 117 cm³/mol. The topological polar surface area (TPSA) is 68.8 Å². The lowest BCUT2D eigenvalue weighted by atomic mass is 9.96. The summed E-state index contributed by atoms with van der Waals surface area (Å²) < 4.78 is 3.26. The van der Waals surface area contributed by atoms with Crippen molar-refractivity contribution in [3.63, 3.8) is 0 Å². The molecule has 0 amide bonds. The van der Waals surface area contributed by atoms with Gasteiger partial charge in [0.15, 0.2) is 5.82 Å². The van der Waals surface area contributed by atoms with E-state index in [2.05, 4.69) is 44.3 Å². The van der Waals surface area contributed by atoms with Gasteiger partial charge in [0.2, 0.25) is 0 Å². The molecular formula is C23H24N6O. The molecule has 7 heteroatoms. The van der Waals surface area contributed by atoms with Crippen molar-refractivity contribution in [3.05, 3.63) is 77.0 Å². The minimum atomic E-state index is -0.0657. The van der Waals surface area contributed by atoms with Crippen LogP contribution >= 0.6 is 0 Å². The summed E-state index contributed by atoms with van der Waals surface area (Å²) in [7, 11) is 0. The van der Waals surface area contributed by atoms with E-state index < -0.39 is 0 Å². The van der Waals surface area contributed by atoms with Crippen molar-refractivity contribution in [2.75, 3.05) is 18.0 Å². The van der Waals surface area contributed by atoms with E-state index in [1.807, 2.05) is 25.3 Å². The maximum atomic E-state index is 12.3. The molecule has 7 nitrogen and oxygen atoms in total. The Morgan fingerprint density at radius 1 is 1.07 bits per heavy atom. The van der Waals surface area contributed by atoms with Gasteiger partial charge in [-0.3, -0.25) is 9.78 Å². The second-order valence-electron chi connectivity index (χ2n) is 7.89. The number of hydrogen-bond acceptors (Lipinski definition) is 5. The van der Waals surface area contributed by atoms with Crippen molar-refractivity contribution < 1.29 is 0 Å². The van der Waals surface area contributed by atoms with Gasteiger partial charge in [0.25, 0.3) is 5.56 Å². The zero-order valence-corrected chi connectivity index (χ0v) is 17.0. The lowest BCUT2D eigenvalue weighted by molar-refractivity contribution is 0.334. The largest absolute Gasteiger partial charge is 0.371 e. The molecule has 1 fully saturated rings. The number of piperidine rings is 1. The number of anilines is 1. The highest BCUT2D eigenvalue weighted by atomic mass is 16.1. The van der Waals surface area contributed by atoms with Crippen LogP contribution < -0.4 is 10.5 Å². The molecule has 4 aromatic rings. The Kier molecular flexibility index (Phi) is 4.78. The van der Waals surface area contributed by atoms with E-state index in [-0.39, 0.29) is 5.56 Å². The number of benzene rings is 1. The van der Waals surface area contributed by atoms with E-state index >= 15 is 0 Å². The van der Waals surface area contributed by atoms with E-state index in [1.165, 1.54) is 11.1 Å². The van der Waals surface area contributed by atoms with Crippen LogP contribution in [0.1, 0.15) is 18.5 Å². The molecule has 0 aliphatic carbocycles. The van der Waals surface area contributed by atoms with Gasteiger partial charge in [0, 0.05) is 54.9 Å². The molecule has 4 heterocycles. The van der Waals surface area contributed by atoms with Crippen molar-refractivity contribution in [2.45, 2.75) is 26.3 Å². The molecule has 1 aliphatic heterocycles. The molecule has 152 valence electrons. The van der Waals surface area contributed by atoms with Gasteiger partial charge in [-0.05, 0) is 49.9 Å². The molecule has 0 unspecified atom stereocenters. The molecule has 1 aliphatic rings. The highest BCUT2D eigenvalue weighted by Crippen LogP contribution is 2.30. The summed E-state index contributed by atoms with van der Waals surface area (Å²) in [6.45, 7) is 4.61. The smallest absolute Gasteiger partial charge is 0.266 e. The summed E-state index contributed by atoms with van der Waals surface area (Å²) in [5.74, 6) is 1.09. The fourth-order valence-electron chi connectivity index (χ4n) is 4.24. The first kappa shape index (κ1) is 18.5. The van der Waals surface area contributed by atoms with Crippen LogP contribution in [0.25, 0.3) is 16.7 Å². The van der Waals surface area contributed by atoms with Crippen LogP contribution in [0.4, 0.5) is 5.69 Å². The van der Waals surface area contributed by atoms with Crippen LogP contribution in [0.2, 0.25) is 0 Å². The van der Waals surface area contributed by atoms with Crippen LogP contribution in [0.3, 0.4) is 0 Å². The van der Waals surface area contributed by atoms with Crippen LogP contribution in [0.15, 0.2) is 65.7 Å². The van der Waals surface area contributed by atoms with E-state index in [9.17, 15) is 4.79 Å². The van der Waals surface area contributed by atoms with E-state index in [0.29, 0.717) is 18.3 Å². The number of hydrogen-bond donors (Lipinski definition) is 0. The van der Waals surface area contributed by atoms with E-state index in [1.54, 1.807) is 27.7 Å². The summed E-state index contributed by atoms with van der Waals surface area (Å²) in [5.41, 5.74) is 3.27. The number of pyridine rings is 1. The van der Waals surface area contributed by atoms with Crippen LogP contribution in [0, 0.1) is 12.8 Å². The molecule has 0 radical (unpaired) electrons. The average molecular weight is 400 g/mol. The molecule has 30 heavy (non-hydrogen) atoms. The second kappa shape index (κ2) is 7.74. The van der Waals surface area contributed by atoms with Crippen molar-refractivity contribution in [3.8, 4) is 5.82 Å². The average Bonchev–Trinajstić information content (AvgIpc) is 3.30. The molecule has 1 aromatic carbocycles. The summed E-state index contributed by atoms with van der Waals surface area (Å²) in [5, 5.41) is 9.93. The Morgan fingerprint density at radius 3 is 2.70 bits per heavy atom. The number of rotatable bonds is 4. The summed E-state index contributed by atoms with van der Waals surface area (Å²) in [6.07, 6.45) is 5.58. The zero-order chi connectivity index (χ0) is 20.5. The summed E-state index contributed by atoms with van der Waals surface area (Å²) in [6, 6.07) is 15.6. The monoisotopic (exact) mass is 400 g/mol. The fraction of sp³-hybridized carbons (Fsp3) is 0.304. The quantitative estimate of drug-likeness (QED) is 0.526. The minimum absolute atomic E-state index is 0.0657. The highest BCUT2D eigenvalue weighted by molar-refractivity contribution is 5.92. The molecule has 0 atom stereocenters. The number of para-hydroxylation sites is 1. The molecule has 1 saturated heterocycles. The van der Waals surface area contributed by atoms with Crippen molar-refractivity contribution in [1.82, 2.24) is 24.5 Å².